The van der Waals surface area contributed by atoms with Crippen LogP contribution in [0.2, 0.25) is 0 Å². The lowest BCUT2D eigenvalue weighted by Gasteiger charge is -2.25. The van der Waals surface area contributed by atoms with Crippen molar-refractivity contribution in [2.45, 2.75) is 12.8 Å². The molecule has 3 N–H and O–H groups in total. The van der Waals surface area contributed by atoms with E-state index in [0.717, 1.165) is 38.6 Å². The number of guanidine groups is 1. The second-order valence-corrected chi connectivity index (χ2v) is 3.05. The number of nitrogens with two attached hydrogens (primary N) is 1. The standard InChI is InChI=1S/C8H18N4/c1-12-7-3-6-11-8(12)10-5-2-4-9/h2-7,9H2,1H3,(H,10,11). The third-order valence-corrected chi connectivity index (χ3v) is 1.94. The summed E-state index contributed by atoms with van der Waals surface area (Å²) in [7, 11) is 2.06. The molecular weight excluding hydrogens is 152 g/mol. The fourth-order valence-electron chi connectivity index (χ4n) is 1.21. The zero-order valence-corrected chi connectivity index (χ0v) is 7.71. The summed E-state index contributed by atoms with van der Waals surface area (Å²) in [4.78, 5) is 6.53. The van der Waals surface area contributed by atoms with Crippen LogP contribution in [0.3, 0.4) is 0 Å². The molecule has 4 heteroatoms. The Morgan fingerprint density at radius 2 is 2.50 bits per heavy atom. The van der Waals surface area contributed by atoms with E-state index in [1.807, 2.05) is 0 Å². The maximum atomic E-state index is 5.39. The molecule has 1 rings (SSSR count). The van der Waals surface area contributed by atoms with Gasteiger partial charge in [0.05, 0.1) is 0 Å². The third-order valence-electron chi connectivity index (χ3n) is 1.94. The molecule has 0 saturated heterocycles. The van der Waals surface area contributed by atoms with Crippen LogP contribution < -0.4 is 11.1 Å². The Bertz CT molecular complexity index is 155. The second-order valence-electron chi connectivity index (χ2n) is 3.05. The molecular formula is C8H18N4. The number of rotatable bonds is 3. The van der Waals surface area contributed by atoms with Gasteiger partial charge in [-0.25, -0.2) is 0 Å². The van der Waals surface area contributed by atoms with E-state index < -0.39 is 0 Å². The summed E-state index contributed by atoms with van der Waals surface area (Å²) in [5, 5.41) is 3.27. The second kappa shape index (κ2) is 4.98. The first-order chi connectivity index (χ1) is 5.84. The molecule has 1 aliphatic rings. The van der Waals surface area contributed by atoms with Crippen LogP contribution in [0, 0.1) is 0 Å². The Kier molecular flexibility index (Phi) is 3.87. The Morgan fingerprint density at radius 3 is 3.17 bits per heavy atom. The summed E-state index contributed by atoms with van der Waals surface area (Å²) >= 11 is 0. The van der Waals surface area contributed by atoms with Gasteiger partial charge in [0.2, 0.25) is 0 Å². The summed E-state index contributed by atoms with van der Waals surface area (Å²) < 4.78 is 0. The van der Waals surface area contributed by atoms with Gasteiger partial charge in [0.15, 0.2) is 5.96 Å². The van der Waals surface area contributed by atoms with Crippen LogP contribution in [0.1, 0.15) is 12.8 Å². The Labute approximate surface area is 73.8 Å². The van der Waals surface area contributed by atoms with Gasteiger partial charge in [0.25, 0.3) is 0 Å². The fraction of sp³-hybridized carbons (Fsp3) is 0.875. The molecule has 0 aromatic rings. The molecule has 0 aromatic carbocycles. The van der Waals surface area contributed by atoms with Crippen LogP contribution in [0.4, 0.5) is 0 Å². The van der Waals surface area contributed by atoms with Crippen molar-refractivity contribution in [2.24, 2.45) is 10.7 Å². The first-order valence-corrected chi connectivity index (χ1v) is 4.54. The minimum absolute atomic E-state index is 0.740. The monoisotopic (exact) mass is 170 g/mol. The van der Waals surface area contributed by atoms with Crippen LogP contribution in [-0.4, -0.2) is 44.1 Å². The highest BCUT2D eigenvalue weighted by Gasteiger charge is 2.08. The number of hydrogen-bond donors (Lipinski definition) is 2. The molecule has 0 aliphatic carbocycles. The van der Waals surface area contributed by atoms with Crippen molar-refractivity contribution in [2.75, 3.05) is 33.2 Å². The first kappa shape index (κ1) is 9.32. The van der Waals surface area contributed by atoms with Crippen molar-refractivity contribution in [3.8, 4) is 0 Å². The first-order valence-electron chi connectivity index (χ1n) is 4.54. The van der Waals surface area contributed by atoms with E-state index in [-0.39, 0.29) is 0 Å². The van der Waals surface area contributed by atoms with Gasteiger partial charge in [0, 0.05) is 26.7 Å². The van der Waals surface area contributed by atoms with Crippen molar-refractivity contribution >= 4 is 5.96 Å². The van der Waals surface area contributed by atoms with E-state index in [1.165, 1.54) is 6.42 Å². The van der Waals surface area contributed by atoms with Crippen molar-refractivity contribution in [1.29, 1.82) is 0 Å². The van der Waals surface area contributed by atoms with Gasteiger partial charge in [0.1, 0.15) is 0 Å². The van der Waals surface area contributed by atoms with Gasteiger partial charge in [-0.2, -0.15) is 0 Å². The molecule has 0 aromatic heterocycles. The highest BCUT2D eigenvalue weighted by atomic mass is 15.3. The topological polar surface area (TPSA) is 53.6 Å². The molecule has 0 saturated carbocycles. The van der Waals surface area contributed by atoms with E-state index in [1.54, 1.807) is 0 Å². The van der Waals surface area contributed by atoms with Gasteiger partial charge in [-0.05, 0) is 19.4 Å². The quantitative estimate of drug-likeness (QED) is 0.568. The van der Waals surface area contributed by atoms with Crippen LogP contribution in [0.25, 0.3) is 0 Å². The third kappa shape index (κ3) is 2.70. The van der Waals surface area contributed by atoms with Crippen molar-refractivity contribution < 1.29 is 0 Å². The van der Waals surface area contributed by atoms with E-state index in [4.69, 9.17) is 5.73 Å². The number of hydrogen-bond acceptors (Lipinski definition) is 4. The Morgan fingerprint density at radius 1 is 1.67 bits per heavy atom. The molecule has 70 valence electrons. The minimum atomic E-state index is 0.740. The molecule has 0 amide bonds. The average molecular weight is 170 g/mol. The smallest absolute Gasteiger partial charge is 0.193 e. The molecule has 0 fully saturated rings. The van der Waals surface area contributed by atoms with Crippen LogP contribution in [0.15, 0.2) is 4.99 Å². The van der Waals surface area contributed by atoms with Crippen LogP contribution in [-0.2, 0) is 0 Å². The van der Waals surface area contributed by atoms with Gasteiger partial charge < -0.3 is 16.0 Å². The molecule has 4 nitrogen and oxygen atoms in total. The Balaban J connectivity index is 2.24. The zero-order valence-electron chi connectivity index (χ0n) is 7.71. The Hall–Kier alpha value is -0.770. The number of nitrogens with one attached hydrogen (secondary N) is 1. The molecule has 1 aliphatic heterocycles. The van der Waals surface area contributed by atoms with Crippen LogP contribution in [0.5, 0.6) is 0 Å². The van der Waals surface area contributed by atoms with E-state index in [2.05, 4.69) is 22.3 Å². The molecule has 12 heavy (non-hydrogen) atoms. The molecule has 0 spiro atoms. The van der Waals surface area contributed by atoms with Crippen LogP contribution >= 0.6 is 0 Å². The summed E-state index contributed by atoms with van der Waals surface area (Å²) in [6.45, 7) is 3.73. The summed E-state index contributed by atoms with van der Waals surface area (Å²) in [5.74, 6) is 1.02. The van der Waals surface area contributed by atoms with Gasteiger partial charge in [-0.15, -0.1) is 0 Å². The van der Waals surface area contributed by atoms with Gasteiger partial charge in [-0.3, -0.25) is 4.99 Å². The highest BCUT2D eigenvalue weighted by molar-refractivity contribution is 5.80. The normalized spacial score (nSPS) is 17.5. The lowest BCUT2D eigenvalue weighted by molar-refractivity contribution is 0.446. The average Bonchev–Trinajstić information content (AvgIpc) is 2.09. The lowest BCUT2D eigenvalue weighted by atomic mass is 10.3. The van der Waals surface area contributed by atoms with E-state index in [9.17, 15) is 0 Å². The van der Waals surface area contributed by atoms with Crippen molar-refractivity contribution in [3.05, 3.63) is 0 Å². The van der Waals surface area contributed by atoms with Crippen molar-refractivity contribution in [3.63, 3.8) is 0 Å². The predicted octanol–water partition coefficient (Wildman–Crippen LogP) is -0.384. The number of nitrogens with zero attached hydrogens (tertiary/aromatic N) is 2. The SMILES string of the molecule is CN1CCCN=C1NCCCN. The molecule has 1 heterocycles. The van der Waals surface area contributed by atoms with Gasteiger partial charge in [-0.1, -0.05) is 0 Å². The lowest BCUT2D eigenvalue weighted by Crippen LogP contribution is -2.42. The fourth-order valence-corrected chi connectivity index (χ4v) is 1.21. The molecule has 0 radical (unpaired) electrons. The summed E-state index contributed by atoms with van der Waals surface area (Å²) in [6, 6.07) is 0. The molecule has 0 bridgehead atoms. The van der Waals surface area contributed by atoms with Gasteiger partial charge >= 0.3 is 0 Å². The van der Waals surface area contributed by atoms with E-state index >= 15 is 0 Å². The molecule has 0 unspecified atom stereocenters. The highest BCUT2D eigenvalue weighted by Crippen LogP contribution is 1.97. The zero-order chi connectivity index (χ0) is 8.81. The minimum Gasteiger partial charge on any atom is -0.356 e. The van der Waals surface area contributed by atoms with Crippen molar-refractivity contribution in [1.82, 2.24) is 10.2 Å². The predicted molar refractivity (Wildman–Crippen MR) is 51.2 cm³/mol. The van der Waals surface area contributed by atoms with E-state index in [0.29, 0.717) is 0 Å². The maximum Gasteiger partial charge on any atom is 0.193 e. The number of aliphatic imine (C=N–C) groups is 1. The summed E-state index contributed by atoms with van der Waals surface area (Å²) in [5.41, 5.74) is 5.39. The maximum absolute atomic E-state index is 5.39. The molecule has 0 atom stereocenters. The largest absolute Gasteiger partial charge is 0.356 e. The summed E-state index contributed by atoms with van der Waals surface area (Å²) in [6.07, 6.45) is 2.17.